The molecule has 2 aromatic rings. The molecular weight excluding hydrogens is 335 g/mol. The second kappa shape index (κ2) is 5.93. The summed E-state index contributed by atoms with van der Waals surface area (Å²) in [6, 6.07) is 7.68. The van der Waals surface area contributed by atoms with E-state index in [1.54, 1.807) is 18.2 Å². The molecule has 2 rings (SSSR count). The Hall–Kier alpha value is -1.75. The molecule has 0 aliphatic carbocycles. The topological polar surface area (TPSA) is 86.2 Å². The molecule has 2 aromatic carbocycles. The van der Waals surface area contributed by atoms with E-state index in [0.29, 0.717) is 16.1 Å². The van der Waals surface area contributed by atoms with Crippen molar-refractivity contribution in [2.75, 3.05) is 0 Å². The molecule has 0 aliphatic rings. The first-order valence-corrected chi connectivity index (χ1v) is 6.84. The number of halogens is 3. The fourth-order valence-electron chi connectivity index (χ4n) is 1.88. The van der Waals surface area contributed by atoms with Gasteiger partial charge in [-0.25, -0.2) is 0 Å². The molecule has 0 aromatic heterocycles. The third-order valence-corrected chi connectivity index (χ3v) is 4.19. The van der Waals surface area contributed by atoms with Gasteiger partial charge in [0.15, 0.2) is 0 Å². The summed E-state index contributed by atoms with van der Waals surface area (Å²) in [5.74, 6) is -1.50. The lowest BCUT2D eigenvalue weighted by atomic mass is 9.98. The highest BCUT2D eigenvalue weighted by atomic mass is 35.5. The number of nitrogens with two attached hydrogens (primary N) is 2. The van der Waals surface area contributed by atoms with Gasteiger partial charge in [-0.15, -0.1) is 0 Å². The number of benzene rings is 2. The number of carbonyl (C=O) groups excluding carboxylic acids is 2. The van der Waals surface area contributed by atoms with E-state index < -0.39 is 11.8 Å². The van der Waals surface area contributed by atoms with Gasteiger partial charge in [-0.3, -0.25) is 9.59 Å². The van der Waals surface area contributed by atoms with Crippen molar-refractivity contribution in [3.63, 3.8) is 0 Å². The molecule has 0 aliphatic heterocycles. The SMILES string of the molecule is NC(=O)c1ccc(-c2ccc(Cl)c(Cl)c2Cl)cc1C(N)=O. The fraction of sp³-hybridized carbons (Fsp3) is 0. The molecule has 0 atom stereocenters. The number of amides is 2. The second-order valence-electron chi connectivity index (χ2n) is 4.21. The van der Waals surface area contributed by atoms with Gasteiger partial charge in [0, 0.05) is 5.56 Å². The Kier molecular flexibility index (Phi) is 4.42. The molecule has 4 nitrogen and oxygen atoms in total. The number of carbonyl (C=O) groups is 2. The van der Waals surface area contributed by atoms with E-state index in [9.17, 15) is 9.59 Å². The fourth-order valence-corrected chi connectivity index (χ4v) is 2.52. The van der Waals surface area contributed by atoms with Crippen LogP contribution in [0.25, 0.3) is 11.1 Å². The molecule has 0 spiro atoms. The highest BCUT2D eigenvalue weighted by Gasteiger charge is 2.16. The van der Waals surface area contributed by atoms with Crippen molar-refractivity contribution in [1.82, 2.24) is 0 Å². The van der Waals surface area contributed by atoms with Crippen LogP contribution in [0, 0.1) is 0 Å². The summed E-state index contributed by atoms with van der Waals surface area (Å²) in [4.78, 5) is 22.7. The van der Waals surface area contributed by atoms with Crippen molar-refractivity contribution in [3.05, 3.63) is 56.5 Å². The molecule has 0 fully saturated rings. The molecule has 0 bridgehead atoms. The maximum Gasteiger partial charge on any atom is 0.249 e. The highest BCUT2D eigenvalue weighted by molar-refractivity contribution is 6.49. The predicted molar refractivity (Wildman–Crippen MR) is 83.9 cm³/mol. The van der Waals surface area contributed by atoms with E-state index in [-0.39, 0.29) is 21.2 Å². The predicted octanol–water partition coefficient (Wildman–Crippen LogP) is 3.51. The van der Waals surface area contributed by atoms with E-state index in [1.807, 2.05) is 0 Å². The highest BCUT2D eigenvalue weighted by Crippen LogP contribution is 2.38. The third kappa shape index (κ3) is 2.97. The van der Waals surface area contributed by atoms with Gasteiger partial charge in [0.2, 0.25) is 11.8 Å². The Morgan fingerprint density at radius 1 is 0.810 bits per heavy atom. The zero-order valence-electron chi connectivity index (χ0n) is 10.5. The first-order chi connectivity index (χ1) is 9.82. The number of primary amides is 2. The van der Waals surface area contributed by atoms with Crippen molar-refractivity contribution in [2.24, 2.45) is 11.5 Å². The van der Waals surface area contributed by atoms with Crippen LogP contribution in [0.4, 0.5) is 0 Å². The Morgan fingerprint density at radius 3 is 2.00 bits per heavy atom. The summed E-state index contributed by atoms with van der Waals surface area (Å²) in [6.45, 7) is 0. The lowest BCUT2D eigenvalue weighted by Crippen LogP contribution is -2.20. The maximum absolute atomic E-state index is 11.5. The molecule has 0 radical (unpaired) electrons. The number of rotatable bonds is 3. The van der Waals surface area contributed by atoms with Gasteiger partial charge in [0.25, 0.3) is 0 Å². The van der Waals surface area contributed by atoms with Gasteiger partial charge in [0.1, 0.15) is 0 Å². The van der Waals surface area contributed by atoms with Crippen LogP contribution in [0.15, 0.2) is 30.3 Å². The van der Waals surface area contributed by atoms with Crippen LogP contribution in [0.1, 0.15) is 20.7 Å². The Labute approximate surface area is 135 Å². The summed E-state index contributed by atoms with van der Waals surface area (Å²) < 4.78 is 0. The normalized spacial score (nSPS) is 10.4. The van der Waals surface area contributed by atoms with Crippen LogP contribution in [-0.2, 0) is 0 Å². The summed E-state index contributed by atoms with van der Waals surface area (Å²) in [6.07, 6.45) is 0. The van der Waals surface area contributed by atoms with Crippen LogP contribution in [0.2, 0.25) is 15.1 Å². The molecule has 2 amide bonds. The summed E-state index contributed by atoms with van der Waals surface area (Å²) in [5, 5.41) is 0.760. The van der Waals surface area contributed by atoms with Gasteiger partial charge < -0.3 is 11.5 Å². The second-order valence-corrected chi connectivity index (χ2v) is 5.37. The van der Waals surface area contributed by atoms with Gasteiger partial charge in [-0.2, -0.15) is 0 Å². The van der Waals surface area contributed by atoms with Crippen molar-refractivity contribution in [1.29, 1.82) is 0 Å². The van der Waals surface area contributed by atoms with Crippen molar-refractivity contribution in [2.45, 2.75) is 0 Å². The van der Waals surface area contributed by atoms with E-state index in [0.717, 1.165) is 0 Å². The lowest BCUT2D eigenvalue weighted by Gasteiger charge is -2.10. The van der Waals surface area contributed by atoms with Crippen molar-refractivity contribution in [3.8, 4) is 11.1 Å². The first-order valence-electron chi connectivity index (χ1n) is 5.70. The lowest BCUT2D eigenvalue weighted by molar-refractivity contribution is 0.0967. The summed E-state index contributed by atoms with van der Waals surface area (Å²) >= 11 is 18.0. The molecular formula is C14H9Cl3N2O2. The minimum Gasteiger partial charge on any atom is -0.366 e. The minimum absolute atomic E-state index is 0.0159. The minimum atomic E-state index is -0.762. The van der Waals surface area contributed by atoms with Crippen molar-refractivity contribution >= 4 is 46.6 Å². The molecule has 7 heteroatoms. The van der Waals surface area contributed by atoms with Crippen LogP contribution < -0.4 is 11.5 Å². The molecule has 0 saturated carbocycles. The quantitative estimate of drug-likeness (QED) is 0.835. The van der Waals surface area contributed by atoms with Crippen LogP contribution in [-0.4, -0.2) is 11.8 Å². The third-order valence-electron chi connectivity index (χ3n) is 2.90. The van der Waals surface area contributed by atoms with Gasteiger partial charge in [-0.05, 0) is 23.8 Å². The molecule has 0 unspecified atom stereocenters. The smallest absolute Gasteiger partial charge is 0.249 e. The van der Waals surface area contributed by atoms with E-state index >= 15 is 0 Å². The summed E-state index contributed by atoms with van der Waals surface area (Å²) in [7, 11) is 0. The zero-order valence-corrected chi connectivity index (χ0v) is 12.8. The molecule has 21 heavy (non-hydrogen) atoms. The number of hydrogen-bond donors (Lipinski definition) is 2. The maximum atomic E-state index is 11.5. The Bertz CT molecular complexity index is 760. The van der Waals surface area contributed by atoms with Gasteiger partial charge in [0.05, 0.1) is 26.2 Å². The molecule has 4 N–H and O–H groups in total. The average Bonchev–Trinajstić information content (AvgIpc) is 2.44. The first kappa shape index (κ1) is 15.6. The Morgan fingerprint density at radius 2 is 1.43 bits per heavy atom. The largest absolute Gasteiger partial charge is 0.366 e. The van der Waals surface area contributed by atoms with Crippen LogP contribution >= 0.6 is 34.8 Å². The van der Waals surface area contributed by atoms with E-state index in [1.165, 1.54) is 12.1 Å². The molecule has 0 saturated heterocycles. The van der Waals surface area contributed by atoms with E-state index in [4.69, 9.17) is 46.3 Å². The summed E-state index contributed by atoms with van der Waals surface area (Å²) in [5.41, 5.74) is 11.7. The molecule has 0 heterocycles. The number of hydrogen-bond acceptors (Lipinski definition) is 2. The van der Waals surface area contributed by atoms with Crippen LogP contribution in [0.5, 0.6) is 0 Å². The van der Waals surface area contributed by atoms with Crippen LogP contribution in [0.3, 0.4) is 0 Å². The van der Waals surface area contributed by atoms with E-state index in [2.05, 4.69) is 0 Å². The van der Waals surface area contributed by atoms with Crippen molar-refractivity contribution < 1.29 is 9.59 Å². The van der Waals surface area contributed by atoms with Gasteiger partial charge >= 0.3 is 0 Å². The standard InChI is InChI=1S/C14H9Cl3N2O2/c15-10-4-3-7(11(16)12(10)17)6-1-2-8(13(18)20)9(5-6)14(19)21/h1-5H,(H2,18,20)(H2,19,21). The average molecular weight is 344 g/mol. The molecule has 108 valence electrons. The zero-order chi connectivity index (χ0) is 15.7. The van der Waals surface area contributed by atoms with Gasteiger partial charge in [-0.1, -0.05) is 46.9 Å². The monoisotopic (exact) mass is 342 g/mol. The Balaban J connectivity index is 2.66.